The number of anilines is 3. The molecule has 0 saturated carbocycles. The Kier molecular flexibility index (Phi) is 7.16. The Labute approximate surface area is 244 Å². The number of ether oxygens (including phenoxy) is 2. The van der Waals surface area contributed by atoms with E-state index in [0.29, 0.717) is 25.0 Å². The first-order valence-electron chi connectivity index (χ1n) is 14.1. The van der Waals surface area contributed by atoms with E-state index in [-0.39, 0.29) is 0 Å². The number of rotatable bonds is 5. The molecule has 216 valence electrons. The van der Waals surface area contributed by atoms with E-state index in [9.17, 15) is 4.79 Å². The van der Waals surface area contributed by atoms with Gasteiger partial charge in [0.05, 0.1) is 30.1 Å². The molecule has 4 heterocycles. The van der Waals surface area contributed by atoms with Gasteiger partial charge in [0.2, 0.25) is 5.95 Å². The van der Waals surface area contributed by atoms with Crippen molar-refractivity contribution in [3.63, 3.8) is 0 Å². The first-order valence-corrected chi connectivity index (χ1v) is 14.1. The van der Waals surface area contributed by atoms with Crippen molar-refractivity contribution in [2.45, 2.75) is 33.3 Å². The third-order valence-electron chi connectivity index (χ3n) is 7.13. The summed E-state index contributed by atoms with van der Waals surface area (Å²) in [6.07, 6.45) is 3.10. The topological polar surface area (TPSA) is 99.3 Å². The van der Waals surface area contributed by atoms with Crippen molar-refractivity contribution < 1.29 is 14.3 Å². The van der Waals surface area contributed by atoms with Crippen LogP contribution < -0.4 is 10.2 Å². The molecule has 10 nitrogen and oxygen atoms in total. The maximum absolute atomic E-state index is 12.4. The molecule has 42 heavy (non-hydrogen) atoms. The van der Waals surface area contributed by atoms with E-state index in [2.05, 4.69) is 33.5 Å². The van der Waals surface area contributed by atoms with E-state index in [0.717, 1.165) is 57.8 Å². The zero-order valence-corrected chi connectivity index (χ0v) is 24.6. The highest BCUT2D eigenvalue weighted by atomic mass is 16.6. The molecule has 0 spiro atoms. The largest absolute Gasteiger partial charge is 0.443 e. The highest BCUT2D eigenvalue weighted by molar-refractivity contribution is 5.86. The van der Waals surface area contributed by atoms with Gasteiger partial charge in [-0.1, -0.05) is 24.3 Å². The number of hydrogen-bond donors (Lipinski definition) is 1. The van der Waals surface area contributed by atoms with Crippen LogP contribution in [0.1, 0.15) is 26.5 Å². The van der Waals surface area contributed by atoms with Crippen LogP contribution in [0.3, 0.4) is 0 Å². The SMILES string of the molecule is Cc1nn(C)c2cc(-c3cc(Nc4ccc(-c5ccn(C(=O)OC(C)(C)C)c5)cc4)nc(N4CCOCC4)n3)ccc12. The molecule has 0 atom stereocenters. The Morgan fingerprint density at radius 3 is 2.43 bits per heavy atom. The van der Waals surface area contributed by atoms with E-state index in [1.165, 1.54) is 4.57 Å². The van der Waals surface area contributed by atoms with Gasteiger partial charge in [-0.05, 0) is 63.1 Å². The lowest BCUT2D eigenvalue weighted by Crippen LogP contribution is -2.37. The molecule has 1 N–H and O–H groups in total. The second-order valence-electron chi connectivity index (χ2n) is 11.5. The number of benzene rings is 2. The first-order chi connectivity index (χ1) is 20.1. The Morgan fingerprint density at radius 2 is 1.69 bits per heavy atom. The van der Waals surface area contributed by atoms with Crippen molar-refractivity contribution in [2.24, 2.45) is 7.05 Å². The first kappa shape index (κ1) is 27.5. The van der Waals surface area contributed by atoms with Crippen molar-refractivity contribution in [3.8, 4) is 22.4 Å². The lowest BCUT2D eigenvalue weighted by molar-refractivity contribution is 0.0537. The fourth-order valence-corrected chi connectivity index (χ4v) is 5.04. The van der Waals surface area contributed by atoms with Crippen molar-refractivity contribution in [3.05, 3.63) is 72.7 Å². The molecule has 1 aliphatic heterocycles. The quantitative estimate of drug-likeness (QED) is 0.270. The van der Waals surface area contributed by atoms with Crippen LogP contribution in [-0.4, -0.2) is 62.3 Å². The average Bonchev–Trinajstić information content (AvgIpc) is 3.58. The van der Waals surface area contributed by atoms with Gasteiger partial charge in [-0.25, -0.2) is 9.78 Å². The van der Waals surface area contributed by atoms with Gasteiger partial charge in [-0.15, -0.1) is 0 Å². The Morgan fingerprint density at radius 1 is 0.952 bits per heavy atom. The van der Waals surface area contributed by atoms with E-state index in [1.807, 2.05) is 75.8 Å². The van der Waals surface area contributed by atoms with Gasteiger partial charge < -0.3 is 19.7 Å². The zero-order chi connectivity index (χ0) is 29.4. The molecule has 0 bridgehead atoms. The summed E-state index contributed by atoms with van der Waals surface area (Å²) in [5.74, 6) is 1.37. The van der Waals surface area contributed by atoms with Crippen LogP contribution in [0.15, 0.2) is 67.0 Å². The van der Waals surface area contributed by atoms with Gasteiger partial charge >= 0.3 is 6.09 Å². The fourth-order valence-electron chi connectivity index (χ4n) is 5.04. The minimum Gasteiger partial charge on any atom is -0.443 e. The number of aryl methyl sites for hydroxylation is 2. The molecule has 1 fully saturated rings. The molecule has 3 aromatic heterocycles. The van der Waals surface area contributed by atoms with Crippen molar-refractivity contribution in [1.29, 1.82) is 0 Å². The van der Waals surface area contributed by atoms with Gasteiger partial charge in [0.15, 0.2) is 0 Å². The molecule has 10 heteroatoms. The summed E-state index contributed by atoms with van der Waals surface area (Å²) in [6.45, 7) is 10.3. The zero-order valence-electron chi connectivity index (χ0n) is 24.6. The number of carbonyl (C=O) groups excluding carboxylic acids is 1. The lowest BCUT2D eigenvalue weighted by atomic mass is 10.1. The lowest BCUT2D eigenvalue weighted by Gasteiger charge is -2.27. The summed E-state index contributed by atoms with van der Waals surface area (Å²) in [6, 6.07) is 18.2. The van der Waals surface area contributed by atoms with Crippen LogP contribution in [-0.2, 0) is 16.5 Å². The number of nitrogens with one attached hydrogen (secondary N) is 1. The summed E-state index contributed by atoms with van der Waals surface area (Å²) >= 11 is 0. The van der Waals surface area contributed by atoms with Crippen LogP contribution in [0.25, 0.3) is 33.3 Å². The van der Waals surface area contributed by atoms with Gasteiger partial charge in [-0.3, -0.25) is 9.25 Å². The molecular weight excluding hydrogens is 530 g/mol. The standard InChI is InChI=1S/C32H35N7O3/c1-21-26-11-8-23(18-28(26)37(5)36-21)27-19-29(35-30(34-27)38-14-16-41-17-15-38)33-25-9-6-22(7-10-25)24-12-13-39(20-24)31(40)42-32(2,3)4/h6-13,18-20H,14-17H2,1-5H3,(H,33,34,35). The number of fused-ring (bicyclic) bond motifs is 1. The second kappa shape index (κ2) is 10.9. The fraction of sp³-hybridized carbons (Fsp3) is 0.312. The maximum Gasteiger partial charge on any atom is 0.418 e. The van der Waals surface area contributed by atoms with E-state index >= 15 is 0 Å². The van der Waals surface area contributed by atoms with Gasteiger partial charge in [-0.2, -0.15) is 10.1 Å². The van der Waals surface area contributed by atoms with Gasteiger partial charge in [0, 0.05) is 55.2 Å². The van der Waals surface area contributed by atoms with Crippen molar-refractivity contribution in [1.82, 2.24) is 24.3 Å². The molecule has 0 radical (unpaired) electrons. The van der Waals surface area contributed by atoms with Crippen LogP contribution >= 0.6 is 0 Å². The summed E-state index contributed by atoms with van der Waals surface area (Å²) in [5.41, 5.74) is 6.13. The number of nitrogens with zero attached hydrogens (tertiary/aromatic N) is 6. The molecular formula is C32H35N7O3. The van der Waals surface area contributed by atoms with E-state index < -0.39 is 11.7 Å². The minimum absolute atomic E-state index is 0.402. The number of morpholine rings is 1. The number of aromatic nitrogens is 5. The highest BCUT2D eigenvalue weighted by Gasteiger charge is 2.19. The Balaban J connectivity index is 1.27. The molecule has 0 amide bonds. The summed E-state index contributed by atoms with van der Waals surface area (Å²) < 4.78 is 14.4. The number of hydrogen-bond acceptors (Lipinski definition) is 8. The smallest absolute Gasteiger partial charge is 0.418 e. The van der Waals surface area contributed by atoms with E-state index in [4.69, 9.17) is 19.4 Å². The molecule has 5 aromatic rings. The number of carbonyl (C=O) groups is 1. The summed E-state index contributed by atoms with van der Waals surface area (Å²) in [4.78, 5) is 24.4. The molecule has 6 rings (SSSR count). The van der Waals surface area contributed by atoms with Crippen molar-refractivity contribution >= 4 is 34.4 Å². The van der Waals surface area contributed by atoms with Crippen LogP contribution in [0.4, 0.5) is 22.2 Å². The molecule has 0 unspecified atom stereocenters. The van der Waals surface area contributed by atoms with Crippen molar-refractivity contribution in [2.75, 3.05) is 36.5 Å². The van der Waals surface area contributed by atoms with Crippen LogP contribution in [0.5, 0.6) is 0 Å². The third kappa shape index (κ3) is 5.84. The van der Waals surface area contributed by atoms with Crippen LogP contribution in [0, 0.1) is 6.92 Å². The predicted octanol–water partition coefficient (Wildman–Crippen LogP) is 6.17. The summed E-state index contributed by atoms with van der Waals surface area (Å²) in [7, 11) is 1.96. The molecule has 1 aliphatic rings. The average molecular weight is 566 g/mol. The third-order valence-corrected chi connectivity index (χ3v) is 7.13. The molecule has 2 aromatic carbocycles. The van der Waals surface area contributed by atoms with Crippen LogP contribution in [0.2, 0.25) is 0 Å². The summed E-state index contributed by atoms with van der Waals surface area (Å²) in [5, 5.41) is 9.16. The van der Waals surface area contributed by atoms with E-state index in [1.54, 1.807) is 12.4 Å². The monoisotopic (exact) mass is 565 g/mol. The Bertz CT molecular complexity index is 1740. The Hall–Kier alpha value is -4.70. The van der Waals surface area contributed by atoms with Gasteiger partial charge in [0.1, 0.15) is 11.4 Å². The molecule has 1 saturated heterocycles. The highest BCUT2D eigenvalue weighted by Crippen LogP contribution is 2.30. The second-order valence-corrected chi connectivity index (χ2v) is 11.5. The normalized spacial score (nSPS) is 13.9. The predicted molar refractivity (Wildman–Crippen MR) is 164 cm³/mol. The minimum atomic E-state index is -0.554. The van der Waals surface area contributed by atoms with Gasteiger partial charge in [0.25, 0.3) is 0 Å². The molecule has 0 aliphatic carbocycles. The maximum atomic E-state index is 12.4.